The molecule has 2 N–H and O–H groups in total. The average Bonchev–Trinajstić information content (AvgIpc) is 2.40. The second-order valence-corrected chi connectivity index (χ2v) is 5.19. The monoisotopic (exact) mass is 293 g/mol. The quantitative estimate of drug-likeness (QED) is 0.936. The van der Waals surface area contributed by atoms with Crippen molar-refractivity contribution in [3.8, 4) is 5.69 Å². The zero-order valence-corrected chi connectivity index (χ0v) is 12.1. The van der Waals surface area contributed by atoms with Gasteiger partial charge >= 0.3 is 5.69 Å². The van der Waals surface area contributed by atoms with Crippen molar-refractivity contribution < 1.29 is 0 Å². The molecule has 0 aliphatic rings. The summed E-state index contributed by atoms with van der Waals surface area (Å²) in [6, 6.07) is 6.59. The van der Waals surface area contributed by atoms with Crippen LogP contribution in [0.1, 0.15) is 25.5 Å². The third-order valence-electron chi connectivity index (χ3n) is 3.03. The Labute approximate surface area is 121 Å². The van der Waals surface area contributed by atoms with Gasteiger partial charge in [-0.15, -0.1) is 0 Å². The summed E-state index contributed by atoms with van der Waals surface area (Å²) < 4.78 is 2.62. The molecule has 0 aliphatic carbocycles. The van der Waals surface area contributed by atoms with Gasteiger partial charge in [0.25, 0.3) is 5.56 Å². The van der Waals surface area contributed by atoms with Crippen LogP contribution in [0.3, 0.4) is 0 Å². The van der Waals surface area contributed by atoms with E-state index in [2.05, 4.69) is 0 Å². The molecule has 20 heavy (non-hydrogen) atoms. The van der Waals surface area contributed by atoms with Gasteiger partial charge in [-0.05, 0) is 38.1 Å². The molecule has 0 radical (unpaired) electrons. The van der Waals surface area contributed by atoms with E-state index in [0.29, 0.717) is 16.3 Å². The number of rotatable bonds is 3. The maximum absolute atomic E-state index is 12.4. The van der Waals surface area contributed by atoms with Crippen LogP contribution in [0.15, 0.2) is 40.1 Å². The number of hydrogen-bond acceptors (Lipinski definition) is 3. The van der Waals surface area contributed by atoms with Gasteiger partial charge in [0.05, 0.1) is 5.69 Å². The molecule has 0 spiro atoms. The van der Waals surface area contributed by atoms with Crippen molar-refractivity contribution in [2.24, 2.45) is 5.73 Å². The summed E-state index contributed by atoms with van der Waals surface area (Å²) in [7, 11) is 0. The number of benzene rings is 1. The van der Waals surface area contributed by atoms with Gasteiger partial charge in [-0.3, -0.25) is 13.9 Å². The van der Waals surface area contributed by atoms with Gasteiger partial charge < -0.3 is 5.73 Å². The predicted molar refractivity (Wildman–Crippen MR) is 79.6 cm³/mol. The van der Waals surface area contributed by atoms with E-state index in [4.69, 9.17) is 17.3 Å². The lowest BCUT2D eigenvalue weighted by atomic mass is 10.2. The van der Waals surface area contributed by atoms with Crippen LogP contribution in [0.25, 0.3) is 5.69 Å². The highest BCUT2D eigenvalue weighted by Crippen LogP contribution is 2.12. The van der Waals surface area contributed by atoms with E-state index < -0.39 is 0 Å². The fraction of sp³-hybridized carbons (Fsp3) is 0.286. The highest BCUT2D eigenvalue weighted by Gasteiger charge is 2.13. The summed E-state index contributed by atoms with van der Waals surface area (Å²) >= 11 is 5.84. The van der Waals surface area contributed by atoms with E-state index in [-0.39, 0.29) is 23.8 Å². The molecule has 0 unspecified atom stereocenters. The Hall–Kier alpha value is -1.85. The standard InChI is InChI=1S/C14H16ClN3O2/c1-9(2)18-13(19)10(7-16)8-17(14(18)20)12-5-3-11(15)4-6-12/h3-6,8-9H,7,16H2,1-2H3. The highest BCUT2D eigenvalue weighted by molar-refractivity contribution is 6.30. The number of nitrogens with zero attached hydrogens (tertiary/aromatic N) is 2. The maximum atomic E-state index is 12.4. The van der Waals surface area contributed by atoms with Crippen molar-refractivity contribution in [3.63, 3.8) is 0 Å². The molecular formula is C14H16ClN3O2. The zero-order valence-electron chi connectivity index (χ0n) is 11.3. The Bertz CT molecular complexity index is 730. The van der Waals surface area contributed by atoms with E-state index in [1.54, 1.807) is 38.1 Å². The van der Waals surface area contributed by atoms with Crippen LogP contribution in [0.2, 0.25) is 5.02 Å². The van der Waals surface area contributed by atoms with Gasteiger partial charge in [0, 0.05) is 29.4 Å². The first-order valence-corrected chi connectivity index (χ1v) is 6.66. The molecule has 106 valence electrons. The second-order valence-electron chi connectivity index (χ2n) is 4.76. The zero-order chi connectivity index (χ0) is 14.9. The molecule has 2 aromatic rings. The van der Waals surface area contributed by atoms with Gasteiger partial charge in [0.15, 0.2) is 0 Å². The summed E-state index contributed by atoms with van der Waals surface area (Å²) in [4.78, 5) is 24.6. The number of halogens is 1. The summed E-state index contributed by atoms with van der Waals surface area (Å²) in [6.07, 6.45) is 1.49. The normalized spacial score (nSPS) is 11.1. The summed E-state index contributed by atoms with van der Waals surface area (Å²) in [5.74, 6) is 0. The van der Waals surface area contributed by atoms with Crippen molar-refractivity contribution >= 4 is 11.6 Å². The third kappa shape index (κ3) is 2.55. The number of nitrogens with two attached hydrogens (primary N) is 1. The second kappa shape index (κ2) is 5.64. The molecule has 1 heterocycles. The van der Waals surface area contributed by atoms with Gasteiger partial charge in [-0.1, -0.05) is 11.6 Å². The molecule has 0 bridgehead atoms. The topological polar surface area (TPSA) is 70.0 Å². The lowest BCUT2D eigenvalue weighted by molar-refractivity contribution is 0.527. The molecular weight excluding hydrogens is 278 g/mol. The van der Waals surface area contributed by atoms with Crippen LogP contribution < -0.4 is 17.0 Å². The first-order chi connectivity index (χ1) is 9.45. The summed E-state index contributed by atoms with van der Waals surface area (Å²) in [6.45, 7) is 3.66. The molecule has 5 nitrogen and oxygen atoms in total. The van der Waals surface area contributed by atoms with Crippen LogP contribution >= 0.6 is 11.6 Å². The highest BCUT2D eigenvalue weighted by atomic mass is 35.5. The minimum Gasteiger partial charge on any atom is -0.326 e. The van der Waals surface area contributed by atoms with E-state index in [1.165, 1.54) is 15.3 Å². The van der Waals surface area contributed by atoms with Crippen LogP contribution in [0, 0.1) is 0 Å². The Kier molecular flexibility index (Phi) is 4.11. The molecule has 0 atom stereocenters. The lowest BCUT2D eigenvalue weighted by Gasteiger charge is -2.15. The summed E-state index contributed by atoms with van der Waals surface area (Å²) in [5.41, 5.74) is 5.91. The van der Waals surface area contributed by atoms with Gasteiger partial charge in [0.1, 0.15) is 0 Å². The fourth-order valence-electron chi connectivity index (χ4n) is 2.01. The van der Waals surface area contributed by atoms with Crippen LogP contribution in [-0.4, -0.2) is 9.13 Å². The van der Waals surface area contributed by atoms with Gasteiger partial charge in [0.2, 0.25) is 0 Å². The number of aromatic nitrogens is 2. The predicted octanol–water partition coefficient (Wildman–Crippen LogP) is 1.69. The molecule has 0 amide bonds. The lowest BCUT2D eigenvalue weighted by Crippen LogP contribution is -2.42. The first kappa shape index (κ1) is 14.6. The molecule has 0 saturated heterocycles. The molecule has 0 aliphatic heterocycles. The van der Waals surface area contributed by atoms with E-state index in [9.17, 15) is 9.59 Å². The Morgan fingerprint density at radius 2 is 1.80 bits per heavy atom. The van der Waals surface area contributed by atoms with Gasteiger partial charge in [-0.25, -0.2) is 4.79 Å². The maximum Gasteiger partial charge on any atom is 0.335 e. The smallest absolute Gasteiger partial charge is 0.326 e. The Balaban J connectivity index is 2.77. The van der Waals surface area contributed by atoms with Crippen molar-refractivity contribution in [3.05, 3.63) is 61.9 Å². The van der Waals surface area contributed by atoms with Crippen LogP contribution in [-0.2, 0) is 6.54 Å². The molecule has 1 aromatic carbocycles. The third-order valence-corrected chi connectivity index (χ3v) is 3.28. The van der Waals surface area contributed by atoms with Crippen LogP contribution in [0.4, 0.5) is 0 Å². The molecule has 0 fully saturated rings. The van der Waals surface area contributed by atoms with Crippen molar-refractivity contribution in [1.29, 1.82) is 0 Å². The summed E-state index contributed by atoms with van der Waals surface area (Å²) in [5, 5.41) is 0.582. The Morgan fingerprint density at radius 3 is 2.30 bits per heavy atom. The first-order valence-electron chi connectivity index (χ1n) is 6.28. The average molecular weight is 294 g/mol. The molecule has 0 saturated carbocycles. The van der Waals surface area contributed by atoms with E-state index in [1.807, 2.05) is 0 Å². The number of hydrogen-bond donors (Lipinski definition) is 1. The van der Waals surface area contributed by atoms with Gasteiger partial charge in [-0.2, -0.15) is 0 Å². The molecule has 2 rings (SSSR count). The largest absolute Gasteiger partial charge is 0.335 e. The van der Waals surface area contributed by atoms with Crippen molar-refractivity contribution in [1.82, 2.24) is 9.13 Å². The fourth-order valence-corrected chi connectivity index (χ4v) is 2.13. The van der Waals surface area contributed by atoms with E-state index in [0.717, 1.165) is 0 Å². The van der Waals surface area contributed by atoms with E-state index >= 15 is 0 Å². The van der Waals surface area contributed by atoms with Crippen molar-refractivity contribution in [2.75, 3.05) is 0 Å². The minimum atomic E-state index is -0.385. The Morgan fingerprint density at radius 1 is 1.20 bits per heavy atom. The molecule has 6 heteroatoms. The minimum absolute atomic E-state index is 0.0828. The SMILES string of the molecule is CC(C)n1c(=O)c(CN)cn(-c2ccc(Cl)cc2)c1=O. The van der Waals surface area contributed by atoms with Crippen molar-refractivity contribution in [2.45, 2.75) is 26.4 Å². The van der Waals surface area contributed by atoms with Crippen LogP contribution in [0.5, 0.6) is 0 Å². The molecule has 1 aromatic heterocycles.